The van der Waals surface area contributed by atoms with Gasteiger partial charge in [0.25, 0.3) is 0 Å². The fourth-order valence-corrected chi connectivity index (χ4v) is 25.3. The minimum Gasteiger partial charge on any atom is -1.00 e. The van der Waals surface area contributed by atoms with Crippen LogP contribution in [0.15, 0.2) is 18.2 Å². The fraction of sp³-hybridized carbons (Fsp3) is 0.795. The molecule has 10 heteroatoms. The predicted molar refractivity (Wildman–Crippen MR) is 208 cm³/mol. The summed E-state index contributed by atoms with van der Waals surface area (Å²) in [7, 11) is 8.43. The second-order valence-corrected chi connectivity index (χ2v) is 27.6. The van der Waals surface area contributed by atoms with E-state index in [4.69, 9.17) is 19.4 Å². The van der Waals surface area contributed by atoms with Crippen LogP contribution in [0.3, 0.4) is 0 Å². The molecular weight excluding hydrogens is 772 g/mol. The van der Waals surface area contributed by atoms with Gasteiger partial charge < -0.3 is 9.60 Å². The minimum absolute atomic E-state index is 0. The van der Waals surface area contributed by atoms with Gasteiger partial charge in [-0.15, -0.1) is 5.41 Å². The molecule has 286 valence electrons. The van der Waals surface area contributed by atoms with Crippen LogP contribution in [0.5, 0.6) is 0 Å². The summed E-state index contributed by atoms with van der Waals surface area (Å²) in [6.45, 7) is 21.1. The molecule has 4 aliphatic rings. The fourth-order valence-electron chi connectivity index (χ4n) is 9.75. The van der Waals surface area contributed by atoms with Gasteiger partial charge in [-0.1, -0.05) is 66.2 Å². The Labute approximate surface area is 312 Å². The van der Waals surface area contributed by atoms with Crippen LogP contribution in [-0.2, 0) is 13.5 Å². The average Bonchev–Trinajstić information content (AvgIpc) is 3.26. The number of hydrogen-bond acceptors (Lipinski definition) is 1. The van der Waals surface area contributed by atoms with Crippen LogP contribution in [0.25, 0.3) is 0 Å². The van der Waals surface area contributed by atoms with Gasteiger partial charge in [0.1, 0.15) is 0 Å². The number of para-hydroxylation sites is 1. The van der Waals surface area contributed by atoms with Gasteiger partial charge >= 0.3 is 165 Å². The zero-order valence-corrected chi connectivity index (χ0v) is 35.8. The number of anilines is 1. The van der Waals surface area contributed by atoms with Crippen molar-refractivity contribution in [2.45, 2.75) is 192 Å². The Kier molecular flexibility index (Phi) is 19.2. The molecule has 1 aromatic rings. The number of benzene rings is 1. The second kappa shape index (κ2) is 20.7. The van der Waals surface area contributed by atoms with Gasteiger partial charge in [0.05, 0.1) is 0 Å². The number of hydrogen-bond donors (Lipinski definition) is 0. The Morgan fingerprint density at radius 2 is 1.10 bits per heavy atom. The molecule has 3 saturated carbocycles. The summed E-state index contributed by atoms with van der Waals surface area (Å²) in [5.41, 5.74) is 7.84. The minimum atomic E-state index is -3.67. The topological polar surface area (TPSA) is 3.24 Å². The summed E-state index contributed by atoms with van der Waals surface area (Å²) in [4.78, 5) is 2.57. The predicted octanol–water partition coefficient (Wildman–Crippen LogP) is 11.7. The first kappa shape index (κ1) is 45.5. The Morgan fingerprint density at radius 1 is 0.755 bits per heavy atom. The van der Waals surface area contributed by atoms with Gasteiger partial charge in [0, 0.05) is 11.2 Å². The number of rotatable bonds is 7. The summed E-state index contributed by atoms with van der Waals surface area (Å²) < 4.78 is 31.7. The third-order valence-corrected chi connectivity index (χ3v) is 23.0. The Morgan fingerprint density at radius 3 is 1.37 bits per heavy atom. The Balaban J connectivity index is 0.000000302. The van der Waals surface area contributed by atoms with E-state index in [1.54, 1.807) is 0 Å². The van der Waals surface area contributed by atoms with E-state index in [1.807, 2.05) is 0 Å². The van der Waals surface area contributed by atoms with Crippen LogP contribution in [0.1, 0.15) is 181 Å². The smallest absolute Gasteiger partial charge is 1.00 e. The van der Waals surface area contributed by atoms with Crippen LogP contribution >= 0.6 is 26.6 Å². The third-order valence-electron chi connectivity index (χ3n) is 11.5. The van der Waals surface area contributed by atoms with Crippen molar-refractivity contribution >= 4 is 44.2 Å². The molecule has 3 aliphatic carbocycles. The molecule has 1 heterocycles. The standard InChI is InChI=1S/C20H32N.C19H34P.BF3.2ClH.FH.Ru/c1-14(2)16-10-9-11-17(15(3)4)18(16)21-13-19(5,6)12-20(21,7)8;1-20(17-11-5-2-6-12-17,18-13-7-3-8-14-18)19-15-9-4-10-16-19;2-1(3)4;;;;/h9-11,13-15H,12H2,1-8H3;1,17-19H,2-16H2;;3*1H;/q-1;+1;;;;;+2/p-3. The zero-order valence-electron chi connectivity index (χ0n) is 31.7. The number of nitrogens with zero attached hydrogens (tertiary/aromatic N) is 1. The first-order valence-electron chi connectivity index (χ1n) is 18.9. The van der Waals surface area contributed by atoms with Gasteiger partial charge in [-0.3, -0.25) is 12.9 Å². The van der Waals surface area contributed by atoms with Crippen molar-refractivity contribution < 1.29 is 31.2 Å². The van der Waals surface area contributed by atoms with Crippen LogP contribution in [0.2, 0.25) is 0 Å². The SMILES string of the molecule is CC(C)c1cccc(C(C)C)c1N1[CH-]C(C)(C)CC1(C)C.FB(F)F.[Cl][Ru]([Cl])=[CH][P+](C1CCCCC1)(C1CCCCC1)C1CCCCC1.[F-]. The van der Waals surface area contributed by atoms with E-state index in [9.17, 15) is 12.9 Å². The molecule has 0 radical (unpaired) electrons. The van der Waals surface area contributed by atoms with Gasteiger partial charge in [-0.05, 0) is 36.8 Å². The molecule has 0 spiro atoms. The van der Waals surface area contributed by atoms with E-state index in [-0.39, 0.29) is 15.7 Å². The molecule has 1 saturated heterocycles. The van der Waals surface area contributed by atoms with Crippen molar-refractivity contribution in [1.82, 2.24) is 0 Å². The molecular formula is C39H66BCl2F4NPRu-. The van der Waals surface area contributed by atoms with Crippen molar-refractivity contribution in [3.8, 4) is 0 Å². The molecule has 0 bridgehead atoms. The van der Waals surface area contributed by atoms with E-state index in [1.165, 1.54) is 120 Å². The van der Waals surface area contributed by atoms with Crippen molar-refractivity contribution in [2.24, 2.45) is 5.41 Å². The molecule has 0 N–H and O–H groups in total. The van der Waals surface area contributed by atoms with Crippen molar-refractivity contribution in [1.29, 1.82) is 0 Å². The van der Waals surface area contributed by atoms with Crippen LogP contribution in [0, 0.1) is 12.0 Å². The van der Waals surface area contributed by atoms with Crippen molar-refractivity contribution in [3.05, 3.63) is 35.9 Å². The van der Waals surface area contributed by atoms with E-state index in [0.717, 1.165) is 17.0 Å². The molecule has 1 nitrogen and oxygen atoms in total. The molecule has 1 aliphatic heterocycles. The van der Waals surface area contributed by atoms with E-state index in [2.05, 4.69) is 89.4 Å². The number of halogens is 6. The maximum Gasteiger partial charge on any atom is -1.00 e. The first-order chi connectivity index (χ1) is 22.5. The normalized spacial score (nSPS) is 22.0. The summed E-state index contributed by atoms with van der Waals surface area (Å²) in [6, 6.07) is 6.84. The summed E-state index contributed by atoms with van der Waals surface area (Å²) in [5, 5.41) is 0. The molecule has 5 rings (SSSR count). The van der Waals surface area contributed by atoms with E-state index in [0.29, 0.717) is 11.8 Å². The third kappa shape index (κ3) is 12.7. The van der Waals surface area contributed by atoms with Gasteiger partial charge in [-0.25, -0.2) is 6.54 Å². The quantitative estimate of drug-likeness (QED) is 0.114. The van der Waals surface area contributed by atoms with Gasteiger partial charge in [0.15, 0.2) is 0 Å². The van der Waals surface area contributed by atoms with Gasteiger partial charge in [0.2, 0.25) is 0 Å². The molecule has 0 atom stereocenters. The zero-order chi connectivity index (χ0) is 35.7. The Hall–Kier alpha value is 0.308. The molecule has 1 aromatic carbocycles. The average molecular weight is 839 g/mol. The summed E-state index contributed by atoms with van der Waals surface area (Å²) in [6.07, 6.45) is 23.4. The Bertz CT molecular complexity index is 1070. The van der Waals surface area contributed by atoms with E-state index >= 15 is 0 Å². The maximum absolute atomic E-state index is 9.67. The molecule has 49 heavy (non-hydrogen) atoms. The first-order valence-corrected chi connectivity index (χ1v) is 26.5. The molecule has 4 fully saturated rings. The van der Waals surface area contributed by atoms with Crippen LogP contribution in [0.4, 0.5) is 18.6 Å². The van der Waals surface area contributed by atoms with Crippen LogP contribution in [-0.4, -0.2) is 34.4 Å². The van der Waals surface area contributed by atoms with Crippen molar-refractivity contribution in [2.75, 3.05) is 4.90 Å². The maximum atomic E-state index is 9.67. The van der Waals surface area contributed by atoms with Crippen LogP contribution < -0.4 is 9.60 Å². The molecule has 0 amide bonds. The van der Waals surface area contributed by atoms with Crippen molar-refractivity contribution in [3.63, 3.8) is 0 Å². The molecule has 0 aromatic heterocycles. The summed E-state index contributed by atoms with van der Waals surface area (Å²) in [5.74, 6) is 1.10. The summed E-state index contributed by atoms with van der Waals surface area (Å²) >= 11 is -1.68. The molecule has 0 unspecified atom stereocenters. The monoisotopic (exact) mass is 838 g/mol. The van der Waals surface area contributed by atoms with Gasteiger partial charge in [-0.2, -0.15) is 0 Å². The van der Waals surface area contributed by atoms with E-state index < -0.39 is 28.3 Å². The second-order valence-electron chi connectivity index (χ2n) is 16.9. The largest absolute Gasteiger partial charge is 1.00 e.